The molecule has 0 bridgehead atoms. The second-order valence-corrected chi connectivity index (χ2v) is 8.05. The maximum absolute atomic E-state index is 10.7. The smallest absolute Gasteiger partial charge is 0.714 e. The minimum atomic E-state index is -5.17. The van der Waals surface area contributed by atoms with Gasteiger partial charge in [0, 0.05) is 6.42 Å². The number of aliphatic hydroxyl groups is 5. The molecule has 5 N–H and O–H groups in total. The first kappa shape index (κ1) is 27.4. The predicted molar refractivity (Wildman–Crippen MR) is 95.6 cm³/mol. The van der Waals surface area contributed by atoms with E-state index in [0.717, 1.165) is 0 Å². The van der Waals surface area contributed by atoms with Crippen molar-refractivity contribution in [1.29, 1.82) is 0 Å². The van der Waals surface area contributed by atoms with Crippen molar-refractivity contribution in [3.8, 4) is 0 Å². The molecule has 0 aromatic heterocycles. The summed E-state index contributed by atoms with van der Waals surface area (Å²) >= 11 is 0.570. The fraction of sp³-hybridized carbons (Fsp3) is 0.533. The minimum absolute atomic E-state index is 0. The Kier molecular flexibility index (Phi) is 11.7. The first-order chi connectivity index (χ1) is 13.1. The zero-order valence-electron chi connectivity index (χ0n) is 15.3. The summed E-state index contributed by atoms with van der Waals surface area (Å²) in [5, 5.41) is 52.2. The van der Waals surface area contributed by atoms with Gasteiger partial charge in [-0.2, -0.15) is 8.42 Å². The summed E-state index contributed by atoms with van der Waals surface area (Å²) in [5.41, 5.74) is -0.829. The van der Waals surface area contributed by atoms with Gasteiger partial charge in [-0.1, -0.05) is 47.2 Å². The Labute approximate surface area is 214 Å². The zero-order valence-corrected chi connectivity index (χ0v) is 20.1. The van der Waals surface area contributed by atoms with E-state index in [1.165, 1.54) is 0 Å². The third kappa shape index (κ3) is 8.42. The fourth-order valence-electron chi connectivity index (χ4n) is 2.45. The third-order valence-electron chi connectivity index (χ3n) is 3.88. The molecule has 1 aromatic rings. The van der Waals surface area contributed by atoms with Crippen molar-refractivity contribution in [1.82, 2.24) is 0 Å². The van der Waals surface area contributed by atoms with Gasteiger partial charge in [0.25, 0.3) is 10.4 Å². The van der Waals surface area contributed by atoms with Gasteiger partial charge in [0.2, 0.25) is 0 Å². The summed E-state index contributed by atoms with van der Waals surface area (Å²) < 4.78 is 41.3. The van der Waals surface area contributed by atoms with Crippen molar-refractivity contribution in [2.75, 3.05) is 6.61 Å². The summed E-state index contributed by atoms with van der Waals surface area (Å²) in [6.45, 7) is -0.660. The summed E-state index contributed by atoms with van der Waals surface area (Å²) in [5.74, 6) is 0. The number of nitrogens with zero attached hydrogens (tertiary/aromatic N) is 1. The van der Waals surface area contributed by atoms with Crippen LogP contribution < -0.4 is 51.4 Å². The number of benzene rings is 1. The van der Waals surface area contributed by atoms with Crippen molar-refractivity contribution < 1.29 is 98.9 Å². The maximum Gasteiger partial charge on any atom is 1.00 e. The van der Waals surface area contributed by atoms with E-state index in [1.807, 2.05) is 0 Å². The van der Waals surface area contributed by atoms with Crippen molar-refractivity contribution in [3.05, 3.63) is 35.9 Å². The van der Waals surface area contributed by atoms with E-state index in [9.17, 15) is 38.5 Å². The van der Waals surface area contributed by atoms with E-state index in [4.69, 9.17) is 4.74 Å². The molecule has 1 aliphatic heterocycles. The van der Waals surface area contributed by atoms with Crippen LogP contribution in [0, 0.1) is 0 Å². The molecule has 1 aromatic carbocycles. The van der Waals surface area contributed by atoms with Gasteiger partial charge in [-0.25, -0.2) is 0 Å². The van der Waals surface area contributed by atoms with Crippen LogP contribution in [0.2, 0.25) is 0 Å². The van der Waals surface area contributed by atoms with Gasteiger partial charge in [-0.05, 0) is 5.56 Å². The van der Waals surface area contributed by atoms with Gasteiger partial charge in [-0.3, -0.25) is 4.28 Å². The zero-order chi connectivity index (χ0) is 20.9. The summed E-state index contributed by atoms with van der Waals surface area (Å²) in [6, 6.07) is 8.26. The molecule has 0 spiro atoms. The summed E-state index contributed by atoms with van der Waals surface area (Å²) in [7, 11) is -5.17. The molecular weight excluding hydrogens is 457 g/mol. The molecule has 0 saturated carbocycles. The molecule has 158 valence electrons. The maximum atomic E-state index is 10.7. The van der Waals surface area contributed by atoms with Gasteiger partial charge in [0.05, 0.1) is 12.7 Å². The second-order valence-electron chi connectivity index (χ2n) is 5.91. The SMILES string of the molecule is O=S(=O)([O-])ON=C(CC(O)c1ccccc1)SC1OC(CO)C(O)C(O)C1O.[K+]. The van der Waals surface area contributed by atoms with Crippen LogP contribution in [0.5, 0.6) is 0 Å². The van der Waals surface area contributed by atoms with Gasteiger partial charge in [0.1, 0.15) is 34.9 Å². The Bertz CT molecular complexity index is 764. The van der Waals surface area contributed by atoms with Crippen molar-refractivity contribution in [2.24, 2.45) is 5.16 Å². The van der Waals surface area contributed by atoms with Crippen molar-refractivity contribution in [2.45, 2.75) is 42.4 Å². The van der Waals surface area contributed by atoms with Crippen LogP contribution in [0.3, 0.4) is 0 Å². The monoisotopic (exact) mass is 477 g/mol. The van der Waals surface area contributed by atoms with Crippen molar-refractivity contribution in [3.63, 3.8) is 0 Å². The van der Waals surface area contributed by atoms with E-state index in [-0.39, 0.29) is 62.8 Å². The molecule has 1 aliphatic rings. The summed E-state index contributed by atoms with van der Waals surface area (Å²) in [4.78, 5) is 0. The van der Waals surface area contributed by atoms with Gasteiger partial charge in [0.15, 0.2) is 0 Å². The first-order valence-electron chi connectivity index (χ1n) is 8.04. The van der Waals surface area contributed by atoms with E-state index in [1.54, 1.807) is 30.3 Å². The molecule has 1 heterocycles. The molecular formula is C15H20KNO10S2. The Balaban J connectivity index is 0.00000420. The van der Waals surface area contributed by atoms with Gasteiger partial charge in [-0.15, -0.1) is 0 Å². The molecule has 1 fully saturated rings. The molecule has 0 aliphatic carbocycles. The van der Waals surface area contributed by atoms with Crippen LogP contribution in [0.15, 0.2) is 35.5 Å². The van der Waals surface area contributed by atoms with E-state index < -0.39 is 53.0 Å². The van der Waals surface area contributed by atoms with Crippen molar-refractivity contribution >= 4 is 27.2 Å². The Morgan fingerprint density at radius 2 is 1.83 bits per heavy atom. The number of aliphatic hydroxyl groups excluding tert-OH is 5. The molecule has 0 radical (unpaired) electrons. The number of rotatable bonds is 7. The molecule has 29 heavy (non-hydrogen) atoms. The van der Waals surface area contributed by atoms with E-state index in [2.05, 4.69) is 9.44 Å². The van der Waals surface area contributed by atoms with Crippen LogP contribution in [-0.4, -0.2) is 80.0 Å². The number of oxime groups is 1. The van der Waals surface area contributed by atoms with Crippen LogP contribution in [0.1, 0.15) is 18.1 Å². The van der Waals surface area contributed by atoms with E-state index >= 15 is 0 Å². The fourth-order valence-corrected chi connectivity index (χ4v) is 3.78. The Morgan fingerprint density at radius 3 is 2.38 bits per heavy atom. The molecule has 11 nitrogen and oxygen atoms in total. The number of ether oxygens (including phenoxy) is 1. The Hall–Kier alpha value is 0.346. The predicted octanol–water partition coefficient (Wildman–Crippen LogP) is -4.56. The quantitative estimate of drug-likeness (QED) is 0.0635. The molecule has 1 saturated heterocycles. The second kappa shape index (κ2) is 12.4. The first-order valence-corrected chi connectivity index (χ1v) is 10.2. The topological polar surface area (TPSA) is 189 Å². The number of thioether (sulfide) groups is 1. The summed E-state index contributed by atoms with van der Waals surface area (Å²) in [6.07, 6.45) is -7.53. The molecule has 6 unspecified atom stereocenters. The van der Waals surface area contributed by atoms with E-state index in [0.29, 0.717) is 17.3 Å². The average molecular weight is 478 g/mol. The molecule has 6 atom stereocenters. The normalized spacial score (nSPS) is 29.0. The van der Waals surface area contributed by atoms with Crippen LogP contribution in [-0.2, 0) is 19.4 Å². The van der Waals surface area contributed by atoms with Crippen LogP contribution in [0.4, 0.5) is 0 Å². The number of hydrogen-bond donors (Lipinski definition) is 5. The molecule has 0 amide bonds. The average Bonchev–Trinajstić information content (AvgIpc) is 2.66. The van der Waals surface area contributed by atoms with Crippen LogP contribution in [0.25, 0.3) is 0 Å². The largest absolute Gasteiger partial charge is 1.00 e. The minimum Gasteiger partial charge on any atom is -0.714 e. The molecule has 14 heteroatoms. The van der Waals surface area contributed by atoms with Crippen LogP contribution >= 0.6 is 11.8 Å². The van der Waals surface area contributed by atoms with Gasteiger partial charge >= 0.3 is 51.4 Å². The number of hydrogen-bond acceptors (Lipinski definition) is 12. The standard InChI is InChI=1S/C15H21NO10S2.K/c17-7-10-12(19)13(20)14(21)15(25-10)27-11(16-26-28(22,23)24)6-9(18)8-4-2-1-3-5-8;/h1-5,9-10,12-15,17-21H,6-7H2,(H,22,23,24);/q;+1/p-1. The van der Waals surface area contributed by atoms with Gasteiger partial charge < -0.3 is 34.8 Å². The molecule has 2 rings (SSSR count). The third-order valence-corrected chi connectivity index (χ3v) is 5.28. The Morgan fingerprint density at radius 1 is 1.21 bits per heavy atom.